The van der Waals surface area contributed by atoms with E-state index in [1.807, 2.05) is 6.07 Å². The van der Waals surface area contributed by atoms with Crippen molar-refractivity contribution in [2.75, 3.05) is 13.1 Å². The molecule has 2 heterocycles. The normalized spacial score (nSPS) is 20.6. The van der Waals surface area contributed by atoms with E-state index in [1.165, 1.54) is 0 Å². The summed E-state index contributed by atoms with van der Waals surface area (Å²) < 4.78 is 5.74. The third kappa shape index (κ3) is 2.67. The fourth-order valence-electron chi connectivity index (χ4n) is 1.66. The molecule has 0 spiro atoms. The number of nitrogens with zero attached hydrogens (tertiary/aromatic N) is 2. The summed E-state index contributed by atoms with van der Waals surface area (Å²) in [7, 11) is 0. The number of pyridine rings is 1. The molecule has 15 heavy (non-hydrogen) atoms. The fourth-order valence-corrected chi connectivity index (χ4v) is 1.66. The molecule has 1 fully saturated rings. The van der Waals surface area contributed by atoms with Crippen LogP contribution in [0.1, 0.15) is 18.5 Å². The average Bonchev–Trinajstić information content (AvgIpc) is 2.31. The average molecular weight is 203 g/mol. The van der Waals surface area contributed by atoms with Gasteiger partial charge in [-0.2, -0.15) is 5.26 Å². The molecule has 4 nitrogen and oxygen atoms in total. The first-order valence-corrected chi connectivity index (χ1v) is 5.12. The molecule has 1 aliphatic rings. The van der Waals surface area contributed by atoms with Crippen molar-refractivity contribution < 1.29 is 4.74 Å². The minimum atomic E-state index is 0.215. The van der Waals surface area contributed by atoms with Gasteiger partial charge >= 0.3 is 0 Å². The summed E-state index contributed by atoms with van der Waals surface area (Å²) in [6.45, 7) is 1.95. The second-order valence-electron chi connectivity index (χ2n) is 3.57. The highest BCUT2D eigenvalue weighted by Gasteiger charge is 2.14. The minimum Gasteiger partial charge on any atom is -0.489 e. The summed E-state index contributed by atoms with van der Waals surface area (Å²) in [5, 5.41) is 12.0. The predicted octanol–water partition coefficient (Wildman–Crippen LogP) is 1.08. The molecule has 0 aliphatic carbocycles. The minimum absolute atomic E-state index is 0.215. The van der Waals surface area contributed by atoms with Gasteiger partial charge in [0.2, 0.25) is 0 Å². The van der Waals surface area contributed by atoms with Crippen LogP contribution in [0.2, 0.25) is 0 Å². The van der Waals surface area contributed by atoms with Crippen molar-refractivity contribution in [1.29, 1.82) is 5.26 Å². The zero-order valence-electron chi connectivity index (χ0n) is 8.44. The van der Waals surface area contributed by atoms with Gasteiger partial charge in [-0.15, -0.1) is 0 Å². The van der Waals surface area contributed by atoms with Crippen LogP contribution in [0.3, 0.4) is 0 Å². The first-order valence-electron chi connectivity index (χ1n) is 5.12. The van der Waals surface area contributed by atoms with Gasteiger partial charge in [0, 0.05) is 18.8 Å². The van der Waals surface area contributed by atoms with Gasteiger partial charge in [0.1, 0.15) is 23.6 Å². The second kappa shape index (κ2) is 4.76. The van der Waals surface area contributed by atoms with E-state index in [1.54, 1.807) is 18.3 Å². The zero-order valence-corrected chi connectivity index (χ0v) is 8.44. The van der Waals surface area contributed by atoms with Crippen molar-refractivity contribution in [3.8, 4) is 11.8 Å². The number of aromatic nitrogens is 1. The molecule has 0 amide bonds. The lowest BCUT2D eigenvalue weighted by molar-refractivity contribution is 0.167. The monoisotopic (exact) mass is 203 g/mol. The van der Waals surface area contributed by atoms with Crippen LogP contribution in [-0.2, 0) is 0 Å². The van der Waals surface area contributed by atoms with Gasteiger partial charge in [-0.3, -0.25) is 0 Å². The Hall–Kier alpha value is -1.60. The fraction of sp³-hybridized carbons (Fsp3) is 0.455. The molecule has 0 saturated carbocycles. The molecule has 1 saturated heterocycles. The molecule has 0 unspecified atom stereocenters. The number of ether oxygens (including phenoxy) is 1. The summed E-state index contributed by atoms with van der Waals surface area (Å²) >= 11 is 0. The summed E-state index contributed by atoms with van der Waals surface area (Å²) in [4.78, 5) is 3.89. The Kier molecular flexibility index (Phi) is 3.15. The van der Waals surface area contributed by atoms with Crippen LogP contribution < -0.4 is 10.1 Å². The Morgan fingerprint density at radius 1 is 1.60 bits per heavy atom. The van der Waals surface area contributed by atoms with E-state index in [0.29, 0.717) is 5.69 Å². The molecule has 1 atom stereocenters. The highest BCUT2D eigenvalue weighted by Crippen LogP contribution is 2.15. The molecule has 4 heteroatoms. The quantitative estimate of drug-likeness (QED) is 0.781. The van der Waals surface area contributed by atoms with Gasteiger partial charge in [0.05, 0.1) is 0 Å². The standard InChI is InChI=1S/C11H13N3O/c12-7-9-6-10(3-5-14-9)15-11-2-1-4-13-8-11/h3,5-6,11,13H,1-2,4,8H2/t11-/m0/s1. The molecule has 0 aromatic carbocycles. The van der Waals surface area contributed by atoms with Crippen molar-refractivity contribution in [2.24, 2.45) is 0 Å². The molecule has 1 aromatic heterocycles. The van der Waals surface area contributed by atoms with E-state index < -0.39 is 0 Å². The number of hydrogen-bond donors (Lipinski definition) is 1. The van der Waals surface area contributed by atoms with Gasteiger partial charge in [0.25, 0.3) is 0 Å². The molecule has 1 N–H and O–H groups in total. The summed E-state index contributed by atoms with van der Waals surface area (Å²) in [6, 6.07) is 5.46. The lowest BCUT2D eigenvalue weighted by Gasteiger charge is -2.23. The molecular formula is C11H13N3O. The predicted molar refractivity (Wildman–Crippen MR) is 55.5 cm³/mol. The van der Waals surface area contributed by atoms with E-state index in [9.17, 15) is 0 Å². The lowest BCUT2D eigenvalue weighted by Crippen LogP contribution is -2.37. The van der Waals surface area contributed by atoms with Gasteiger partial charge < -0.3 is 10.1 Å². The summed E-state index contributed by atoms with van der Waals surface area (Å²) in [5.41, 5.74) is 0.399. The van der Waals surface area contributed by atoms with Crippen LogP contribution in [0, 0.1) is 11.3 Å². The van der Waals surface area contributed by atoms with Crippen LogP contribution in [0.4, 0.5) is 0 Å². The van der Waals surface area contributed by atoms with Crippen molar-refractivity contribution >= 4 is 0 Å². The van der Waals surface area contributed by atoms with Crippen LogP contribution in [-0.4, -0.2) is 24.2 Å². The lowest BCUT2D eigenvalue weighted by atomic mass is 10.1. The maximum Gasteiger partial charge on any atom is 0.144 e. The Morgan fingerprint density at radius 2 is 2.53 bits per heavy atom. The molecule has 78 valence electrons. The maximum atomic E-state index is 8.69. The third-order valence-corrected chi connectivity index (χ3v) is 2.40. The zero-order chi connectivity index (χ0) is 10.5. The first-order chi connectivity index (χ1) is 7.38. The van der Waals surface area contributed by atoms with E-state index in [2.05, 4.69) is 10.3 Å². The Bertz CT molecular complexity index is 366. The topological polar surface area (TPSA) is 57.9 Å². The largest absolute Gasteiger partial charge is 0.489 e. The highest BCUT2D eigenvalue weighted by atomic mass is 16.5. The first kappa shape index (κ1) is 9.94. The molecular weight excluding hydrogens is 190 g/mol. The van der Waals surface area contributed by atoms with Crippen LogP contribution in [0.5, 0.6) is 5.75 Å². The van der Waals surface area contributed by atoms with Crippen molar-refractivity contribution in [3.05, 3.63) is 24.0 Å². The number of rotatable bonds is 2. The van der Waals surface area contributed by atoms with Crippen LogP contribution in [0.25, 0.3) is 0 Å². The van der Waals surface area contributed by atoms with Crippen molar-refractivity contribution in [3.63, 3.8) is 0 Å². The summed E-state index contributed by atoms with van der Waals surface area (Å²) in [6.07, 6.45) is 4.02. The van der Waals surface area contributed by atoms with Crippen molar-refractivity contribution in [2.45, 2.75) is 18.9 Å². The Balaban J connectivity index is 2.00. The number of nitriles is 1. The van der Waals surface area contributed by atoms with Gasteiger partial charge in [-0.25, -0.2) is 4.98 Å². The smallest absolute Gasteiger partial charge is 0.144 e. The van der Waals surface area contributed by atoms with Crippen LogP contribution >= 0.6 is 0 Å². The molecule has 1 aliphatic heterocycles. The SMILES string of the molecule is N#Cc1cc(O[C@H]2CCCNC2)ccn1. The molecule has 1 aromatic rings. The number of piperidine rings is 1. The Labute approximate surface area is 88.9 Å². The highest BCUT2D eigenvalue weighted by molar-refractivity contribution is 5.29. The van der Waals surface area contributed by atoms with Gasteiger partial charge in [-0.05, 0) is 25.5 Å². The number of nitrogens with one attached hydrogen (secondary N) is 1. The Morgan fingerprint density at radius 3 is 3.27 bits per heavy atom. The number of hydrogen-bond acceptors (Lipinski definition) is 4. The van der Waals surface area contributed by atoms with E-state index in [-0.39, 0.29) is 6.10 Å². The summed E-state index contributed by atoms with van der Waals surface area (Å²) in [5.74, 6) is 0.732. The van der Waals surface area contributed by atoms with Crippen molar-refractivity contribution in [1.82, 2.24) is 10.3 Å². The van der Waals surface area contributed by atoms with E-state index in [4.69, 9.17) is 10.00 Å². The molecule has 0 bridgehead atoms. The molecule has 2 rings (SSSR count). The molecule has 0 radical (unpaired) electrons. The van der Waals surface area contributed by atoms with Gasteiger partial charge in [0.15, 0.2) is 0 Å². The third-order valence-electron chi connectivity index (χ3n) is 2.40. The second-order valence-corrected chi connectivity index (χ2v) is 3.57. The maximum absolute atomic E-state index is 8.69. The van der Waals surface area contributed by atoms with Gasteiger partial charge in [-0.1, -0.05) is 0 Å². The van der Waals surface area contributed by atoms with E-state index >= 15 is 0 Å². The van der Waals surface area contributed by atoms with Crippen LogP contribution in [0.15, 0.2) is 18.3 Å². The van der Waals surface area contributed by atoms with E-state index in [0.717, 1.165) is 31.7 Å².